The molecule has 26 heavy (non-hydrogen) atoms. The molecule has 1 atom stereocenters. The van der Waals surface area contributed by atoms with Crippen LogP contribution in [-0.2, 0) is 9.63 Å². The SMILES string of the molecule is CON=C(C(=O)N(CC#N)c1cn(-c2cccnc2)nc1Cl)C(C)SC. The van der Waals surface area contributed by atoms with Gasteiger partial charge >= 0.3 is 0 Å². The molecule has 10 heteroatoms. The van der Waals surface area contributed by atoms with E-state index in [9.17, 15) is 4.79 Å². The largest absolute Gasteiger partial charge is 0.399 e. The highest BCUT2D eigenvalue weighted by Gasteiger charge is 2.29. The Balaban J connectivity index is 2.44. The van der Waals surface area contributed by atoms with Crippen LogP contribution >= 0.6 is 23.4 Å². The van der Waals surface area contributed by atoms with Gasteiger partial charge in [-0.15, -0.1) is 0 Å². The van der Waals surface area contributed by atoms with E-state index in [1.165, 1.54) is 28.5 Å². The Kier molecular flexibility index (Phi) is 7.00. The molecule has 0 saturated carbocycles. The van der Waals surface area contributed by atoms with Gasteiger partial charge in [-0.2, -0.15) is 22.1 Å². The fraction of sp³-hybridized carbons (Fsp3) is 0.312. The second-order valence-corrected chi connectivity index (χ2v) is 6.58. The number of oxime groups is 1. The maximum atomic E-state index is 13.0. The van der Waals surface area contributed by atoms with Gasteiger partial charge in [0.05, 0.1) is 29.4 Å². The minimum absolute atomic E-state index is 0.0889. The monoisotopic (exact) mass is 392 g/mol. The van der Waals surface area contributed by atoms with Gasteiger partial charge < -0.3 is 4.84 Å². The molecule has 1 unspecified atom stereocenters. The number of rotatable bonds is 7. The van der Waals surface area contributed by atoms with Crippen LogP contribution in [0.15, 0.2) is 35.9 Å². The molecule has 2 aromatic heterocycles. The van der Waals surface area contributed by atoms with Crippen molar-refractivity contribution in [3.8, 4) is 11.8 Å². The summed E-state index contributed by atoms with van der Waals surface area (Å²) in [4.78, 5) is 23.0. The van der Waals surface area contributed by atoms with Gasteiger partial charge in [-0.25, -0.2) is 4.68 Å². The molecule has 2 rings (SSSR count). The molecule has 0 radical (unpaired) electrons. The maximum Gasteiger partial charge on any atom is 0.278 e. The van der Waals surface area contributed by atoms with Crippen LogP contribution in [-0.4, -0.2) is 51.5 Å². The molecule has 0 aromatic carbocycles. The van der Waals surface area contributed by atoms with Crippen molar-refractivity contribution in [2.45, 2.75) is 12.2 Å². The molecule has 0 N–H and O–H groups in total. The van der Waals surface area contributed by atoms with Gasteiger partial charge in [0.1, 0.15) is 19.3 Å². The molecule has 0 aliphatic carbocycles. The lowest BCUT2D eigenvalue weighted by Crippen LogP contribution is -2.40. The number of thioether (sulfide) groups is 1. The molecular weight excluding hydrogens is 376 g/mol. The van der Waals surface area contributed by atoms with Crippen LogP contribution in [0.5, 0.6) is 0 Å². The van der Waals surface area contributed by atoms with E-state index in [4.69, 9.17) is 21.7 Å². The number of carbonyl (C=O) groups excluding carboxylic acids is 1. The Morgan fingerprint density at radius 3 is 2.96 bits per heavy atom. The minimum atomic E-state index is -0.470. The number of hydrogen-bond acceptors (Lipinski definition) is 7. The first kappa shape index (κ1) is 19.8. The average molecular weight is 393 g/mol. The lowest BCUT2D eigenvalue weighted by molar-refractivity contribution is -0.112. The summed E-state index contributed by atoms with van der Waals surface area (Å²) >= 11 is 7.67. The lowest BCUT2D eigenvalue weighted by atomic mass is 10.2. The van der Waals surface area contributed by atoms with Crippen molar-refractivity contribution in [3.63, 3.8) is 0 Å². The summed E-state index contributed by atoms with van der Waals surface area (Å²) in [6.07, 6.45) is 6.67. The molecule has 2 aromatic rings. The third-order valence-electron chi connectivity index (χ3n) is 3.47. The first-order valence-corrected chi connectivity index (χ1v) is 9.18. The second kappa shape index (κ2) is 9.22. The summed E-state index contributed by atoms with van der Waals surface area (Å²) in [5.41, 5.74) is 1.16. The van der Waals surface area contributed by atoms with E-state index in [0.29, 0.717) is 11.4 Å². The molecule has 0 bridgehead atoms. The highest BCUT2D eigenvalue weighted by atomic mass is 35.5. The van der Waals surface area contributed by atoms with Crippen molar-refractivity contribution < 1.29 is 9.63 Å². The van der Waals surface area contributed by atoms with E-state index >= 15 is 0 Å². The van der Waals surface area contributed by atoms with E-state index in [0.717, 1.165) is 0 Å². The normalized spacial score (nSPS) is 12.3. The predicted octanol–water partition coefficient (Wildman–Crippen LogP) is 2.53. The zero-order valence-electron chi connectivity index (χ0n) is 14.5. The first-order chi connectivity index (χ1) is 12.5. The molecule has 0 fully saturated rings. The number of halogens is 1. The number of hydrogen-bond donors (Lipinski definition) is 0. The van der Waals surface area contributed by atoms with Crippen LogP contribution in [0.1, 0.15) is 6.92 Å². The zero-order valence-corrected chi connectivity index (χ0v) is 16.0. The number of anilines is 1. The first-order valence-electron chi connectivity index (χ1n) is 7.51. The minimum Gasteiger partial charge on any atom is -0.399 e. The number of carbonyl (C=O) groups is 1. The molecule has 0 aliphatic heterocycles. The van der Waals surface area contributed by atoms with Crippen molar-refractivity contribution in [2.75, 3.05) is 24.8 Å². The summed E-state index contributed by atoms with van der Waals surface area (Å²) in [5, 5.41) is 17.1. The van der Waals surface area contributed by atoms with Crippen LogP contribution in [0.25, 0.3) is 5.69 Å². The Bertz CT molecular complexity index is 833. The second-order valence-electron chi connectivity index (χ2n) is 5.05. The highest BCUT2D eigenvalue weighted by Crippen LogP contribution is 2.27. The number of pyridine rings is 1. The predicted molar refractivity (Wildman–Crippen MR) is 102 cm³/mol. The van der Waals surface area contributed by atoms with Crippen molar-refractivity contribution >= 4 is 40.7 Å². The molecule has 8 nitrogen and oxygen atoms in total. The highest BCUT2D eigenvalue weighted by molar-refractivity contribution is 8.00. The smallest absolute Gasteiger partial charge is 0.278 e. The van der Waals surface area contributed by atoms with E-state index in [2.05, 4.69) is 15.2 Å². The number of amides is 1. The van der Waals surface area contributed by atoms with Gasteiger partial charge in [-0.3, -0.25) is 14.7 Å². The van der Waals surface area contributed by atoms with Crippen molar-refractivity contribution in [1.82, 2.24) is 14.8 Å². The Morgan fingerprint density at radius 2 is 2.38 bits per heavy atom. The Hall–Kier alpha value is -2.57. The molecule has 1 amide bonds. The molecule has 2 heterocycles. The van der Waals surface area contributed by atoms with Crippen molar-refractivity contribution in [3.05, 3.63) is 35.9 Å². The maximum absolute atomic E-state index is 13.0. The summed E-state index contributed by atoms with van der Waals surface area (Å²) in [7, 11) is 1.36. The number of aromatic nitrogens is 3. The van der Waals surface area contributed by atoms with Crippen LogP contribution in [0.3, 0.4) is 0 Å². The van der Waals surface area contributed by atoms with E-state index in [1.54, 1.807) is 30.7 Å². The van der Waals surface area contributed by atoms with Gasteiger partial charge in [0, 0.05) is 6.20 Å². The summed E-state index contributed by atoms with van der Waals surface area (Å²) in [6.45, 7) is 1.62. The van der Waals surface area contributed by atoms with Crippen LogP contribution in [0.2, 0.25) is 5.15 Å². The summed E-state index contributed by atoms with van der Waals surface area (Å²) in [6, 6.07) is 5.52. The Labute approximate surface area is 160 Å². The Morgan fingerprint density at radius 1 is 1.62 bits per heavy atom. The third kappa shape index (κ3) is 4.33. The molecule has 136 valence electrons. The fourth-order valence-electron chi connectivity index (χ4n) is 2.12. The lowest BCUT2D eigenvalue weighted by Gasteiger charge is -2.20. The zero-order chi connectivity index (χ0) is 19.1. The van der Waals surface area contributed by atoms with Gasteiger partial charge in [-0.05, 0) is 25.3 Å². The van der Waals surface area contributed by atoms with Crippen molar-refractivity contribution in [2.24, 2.45) is 5.16 Å². The number of nitriles is 1. The number of nitrogens with zero attached hydrogens (tertiary/aromatic N) is 6. The standard InChI is InChI=1S/C16H17ClN6O2S/c1-11(26-3)14(21-25-2)16(24)22(8-6-18)13-10-23(20-15(13)17)12-5-4-7-19-9-12/h4-5,7,9-11H,8H2,1-3H3. The third-order valence-corrected chi connectivity index (χ3v) is 4.67. The van der Waals surface area contributed by atoms with E-state index in [1.807, 2.05) is 19.2 Å². The average Bonchev–Trinajstić information content (AvgIpc) is 3.05. The molecule has 0 spiro atoms. The van der Waals surface area contributed by atoms with Gasteiger partial charge in [-0.1, -0.05) is 16.8 Å². The van der Waals surface area contributed by atoms with Crippen molar-refractivity contribution in [1.29, 1.82) is 5.26 Å². The van der Waals surface area contributed by atoms with Crippen LogP contribution in [0.4, 0.5) is 5.69 Å². The van der Waals surface area contributed by atoms with Gasteiger partial charge in [0.2, 0.25) is 0 Å². The van der Waals surface area contributed by atoms with Gasteiger partial charge in [0.25, 0.3) is 5.91 Å². The molecule has 0 aliphatic rings. The van der Waals surface area contributed by atoms with Crippen LogP contribution < -0.4 is 4.90 Å². The van der Waals surface area contributed by atoms with Gasteiger partial charge in [0.15, 0.2) is 10.9 Å². The van der Waals surface area contributed by atoms with E-state index < -0.39 is 5.91 Å². The summed E-state index contributed by atoms with van der Waals surface area (Å²) < 4.78 is 1.49. The topological polar surface area (TPSA) is 96.4 Å². The fourth-order valence-corrected chi connectivity index (χ4v) is 2.72. The molecule has 0 saturated heterocycles. The quantitative estimate of drug-likeness (QED) is 0.408. The summed E-state index contributed by atoms with van der Waals surface area (Å²) in [5.74, 6) is -0.470. The van der Waals surface area contributed by atoms with Crippen LogP contribution in [0, 0.1) is 11.3 Å². The molecular formula is C16H17ClN6O2S. The van der Waals surface area contributed by atoms with E-state index in [-0.39, 0.29) is 22.7 Å².